The van der Waals surface area contributed by atoms with Crippen molar-refractivity contribution < 1.29 is 9.53 Å². The molecule has 1 aliphatic carbocycles. The molecule has 2 amide bonds. The minimum absolute atomic E-state index is 0.0767. The van der Waals surface area contributed by atoms with Gasteiger partial charge >= 0.3 is 6.03 Å². The highest BCUT2D eigenvalue weighted by Gasteiger charge is 2.21. The maximum atomic E-state index is 12.0. The summed E-state index contributed by atoms with van der Waals surface area (Å²) >= 11 is 1.94. The molecule has 0 spiro atoms. The first-order valence-corrected chi connectivity index (χ1v) is 9.15. The van der Waals surface area contributed by atoms with Gasteiger partial charge in [-0.05, 0) is 30.9 Å². The molecule has 4 nitrogen and oxygen atoms in total. The van der Waals surface area contributed by atoms with Crippen LogP contribution in [0.1, 0.15) is 39.0 Å². The van der Waals surface area contributed by atoms with Gasteiger partial charge in [0.2, 0.25) is 0 Å². The molecule has 1 saturated heterocycles. The van der Waals surface area contributed by atoms with Crippen LogP contribution in [0.25, 0.3) is 0 Å². The molecule has 1 saturated carbocycles. The highest BCUT2D eigenvalue weighted by Crippen LogP contribution is 2.25. The molecule has 0 bridgehead atoms. The van der Waals surface area contributed by atoms with Gasteiger partial charge in [-0.1, -0.05) is 19.8 Å². The van der Waals surface area contributed by atoms with Gasteiger partial charge < -0.3 is 15.0 Å². The molecule has 0 aromatic rings. The number of nitrogens with zero attached hydrogens (tertiary/aromatic N) is 1. The first kappa shape index (κ1) is 16.0. The highest BCUT2D eigenvalue weighted by atomic mass is 32.2. The molecule has 0 aromatic heterocycles. The predicted octanol–water partition coefficient (Wildman–Crippen LogP) is 2.73. The van der Waals surface area contributed by atoms with E-state index in [2.05, 4.69) is 12.2 Å². The van der Waals surface area contributed by atoms with Gasteiger partial charge in [0.25, 0.3) is 0 Å². The van der Waals surface area contributed by atoms with Crippen LogP contribution in [-0.4, -0.2) is 54.8 Å². The van der Waals surface area contributed by atoms with Crippen molar-refractivity contribution in [2.24, 2.45) is 5.92 Å². The zero-order valence-corrected chi connectivity index (χ0v) is 13.4. The van der Waals surface area contributed by atoms with E-state index in [0.29, 0.717) is 25.2 Å². The van der Waals surface area contributed by atoms with E-state index in [9.17, 15) is 4.79 Å². The average molecular weight is 300 g/mol. The van der Waals surface area contributed by atoms with Crippen molar-refractivity contribution in [2.75, 3.05) is 37.7 Å². The second-order valence-corrected chi connectivity index (χ2v) is 7.08. The second-order valence-electron chi connectivity index (χ2n) is 5.86. The Morgan fingerprint density at radius 2 is 2.10 bits per heavy atom. The number of ether oxygens (including phenoxy) is 1. The number of rotatable bonds is 4. The predicted molar refractivity (Wildman–Crippen MR) is 84.3 cm³/mol. The van der Waals surface area contributed by atoms with Crippen LogP contribution in [-0.2, 0) is 4.74 Å². The van der Waals surface area contributed by atoms with Crippen molar-refractivity contribution in [3.63, 3.8) is 0 Å². The maximum Gasteiger partial charge on any atom is 0.317 e. The molecule has 2 atom stereocenters. The number of hydrogen-bond acceptors (Lipinski definition) is 3. The number of carbonyl (C=O) groups is 1. The van der Waals surface area contributed by atoms with Gasteiger partial charge in [0.05, 0.1) is 12.7 Å². The minimum atomic E-state index is 0.0767. The summed E-state index contributed by atoms with van der Waals surface area (Å²) in [5.41, 5.74) is 0. The molecule has 116 valence electrons. The van der Waals surface area contributed by atoms with Crippen LogP contribution in [0.3, 0.4) is 0 Å². The quantitative estimate of drug-likeness (QED) is 0.812. The SMILES string of the molecule is C[C@H]1CCCC[C@@H]1OCCNC(=O)N1CCCSCC1. The van der Waals surface area contributed by atoms with Crippen LogP contribution in [0.4, 0.5) is 4.79 Å². The van der Waals surface area contributed by atoms with Crippen molar-refractivity contribution in [1.82, 2.24) is 10.2 Å². The first-order valence-electron chi connectivity index (χ1n) is 7.99. The van der Waals surface area contributed by atoms with Gasteiger partial charge in [-0.2, -0.15) is 11.8 Å². The van der Waals surface area contributed by atoms with Crippen molar-refractivity contribution in [3.05, 3.63) is 0 Å². The summed E-state index contributed by atoms with van der Waals surface area (Å²) in [6, 6.07) is 0.0767. The van der Waals surface area contributed by atoms with E-state index in [-0.39, 0.29) is 6.03 Å². The van der Waals surface area contributed by atoms with Gasteiger partial charge in [-0.25, -0.2) is 4.79 Å². The molecule has 1 heterocycles. The van der Waals surface area contributed by atoms with Crippen LogP contribution >= 0.6 is 11.8 Å². The number of carbonyl (C=O) groups excluding carboxylic acids is 1. The topological polar surface area (TPSA) is 41.6 Å². The van der Waals surface area contributed by atoms with Gasteiger partial charge in [0.1, 0.15) is 0 Å². The van der Waals surface area contributed by atoms with E-state index in [1.165, 1.54) is 31.4 Å². The lowest BCUT2D eigenvalue weighted by Gasteiger charge is -2.29. The fraction of sp³-hybridized carbons (Fsp3) is 0.933. The lowest BCUT2D eigenvalue weighted by molar-refractivity contribution is -0.00269. The summed E-state index contributed by atoms with van der Waals surface area (Å²) < 4.78 is 5.92. The first-order chi connectivity index (χ1) is 9.77. The number of hydrogen-bond donors (Lipinski definition) is 1. The molecule has 5 heteroatoms. The van der Waals surface area contributed by atoms with Crippen LogP contribution in [0.2, 0.25) is 0 Å². The maximum absolute atomic E-state index is 12.0. The largest absolute Gasteiger partial charge is 0.376 e. The number of amides is 2. The van der Waals surface area contributed by atoms with Crippen molar-refractivity contribution in [1.29, 1.82) is 0 Å². The smallest absolute Gasteiger partial charge is 0.317 e. The number of nitrogens with one attached hydrogen (secondary N) is 1. The fourth-order valence-corrected chi connectivity index (χ4v) is 3.85. The average Bonchev–Trinajstić information content (AvgIpc) is 2.74. The highest BCUT2D eigenvalue weighted by molar-refractivity contribution is 7.99. The van der Waals surface area contributed by atoms with Gasteiger partial charge in [-0.15, -0.1) is 0 Å². The summed E-state index contributed by atoms with van der Waals surface area (Å²) in [4.78, 5) is 14.0. The Morgan fingerprint density at radius 3 is 2.95 bits per heavy atom. The van der Waals surface area contributed by atoms with E-state index in [1.54, 1.807) is 0 Å². The molecule has 1 aliphatic heterocycles. The van der Waals surface area contributed by atoms with Gasteiger partial charge in [0.15, 0.2) is 0 Å². The van der Waals surface area contributed by atoms with Crippen LogP contribution < -0.4 is 5.32 Å². The number of thioether (sulfide) groups is 1. The lowest BCUT2D eigenvalue weighted by atomic mass is 9.88. The fourth-order valence-electron chi connectivity index (χ4n) is 2.96. The molecule has 2 aliphatic rings. The Bertz CT molecular complexity index is 294. The zero-order valence-electron chi connectivity index (χ0n) is 12.6. The summed E-state index contributed by atoms with van der Waals surface area (Å²) in [5.74, 6) is 2.90. The summed E-state index contributed by atoms with van der Waals surface area (Å²) in [6.45, 7) is 5.31. The van der Waals surface area contributed by atoms with Gasteiger partial charge in [-0.3, -0.25) is 0 Å². The van der Waals surface area contributed by atoms with Crippen LogP contribution in [0.15, 0.2) is 0 Å². The minimum Gasteiger partial charge on any atom is -0.376 e. The van der Waals surface area contributed by atoms with Crippen molar-refractivity contribution in [3.8, 4) is 0 Å². The third-order valence-corrected chi connectivity index (χ3v) is 5.30. The second kappa shape index (κ2) is 8.78. The molecule has 2 rings (SSSR count). The molecule has 20 heavy (non-hydrogen) atoms. The van der Waals surface area contributed by atoms with E-state index < -0.39 is 0 Å². The Hall–Kier alpha value is -0.420. The lowest BCUT2D eigenvalue weighted by Crippen LogP contribution is -2.42. The molecule has 0 aromatic carbocycles. The molecule has 0 unspecified atom stereocenters. The van der Waals surface area contributed by atoms with Gasteiger partial charge in [0, 0.05) is 25.4 Å². The molecule has 1 N–H and O–H groups in total. The Morgan fingerprint density at radius 1 is 1.25 bits per heavy atom. The third kappa shape index (κ3) is 5.17. The summed E-state index contributed by atoms with van der Waals surface area (Å²) in [7, 11) is 0. The van der Waals surface area contributed by atoms with E-state index in [1.807, 2.05) is 16.7 Å². The summed E-state index contributed by atoms with van der Waals surface area (Å²) in [5, 5.41) is 2.99. The van der Waals surface area contributed by atoms with Crippen molar-refractivity contribution in [2.45, 2.75) is 45.1 Å². The molecule has 0 radical (unpaired) electrons. The van der Waals surface area contributed by atoms with Crippen LogP contribution in [0.5, 0.6) is 0 Å². The zero-order chi connectivity index (χ0) is 14.2. The molecule has 2 fully saturated rings. The Kier molecular flexibility index (Phi) is 7.00. The Balaban J connectivity index is 1.58. The summed E-state index contributed by atoms with van der Waals surface area (Å²) in [6.07, 6.45) is 6.59. The van der Waals surface area contributed by atoms with Crippen molar-refractivity contribution >= 4 is 17.8 Å². The molecular formula is C15H28N2O2S. The van der Waals surface area contributed by atoms with E-state index >= 15 is 0 Å². The van der Waals surface area contributed by atoms with E-state index in [4.69, 9.17) is 4.74 Å². The Labute approximate surface area is 127 Å². The van der Waals surface area contributed by atoms with Crippen LogP contribution in [0, 0.1) is 5.92 Å². The number of urea groups is 1. The normalized spacial score (nSPS) is 27.9. The third-order valence-electron chi connectivity index (χ3n) is 4.25. The van der Waals surface area contributed by atoms with E-state index in [0.717, 1.165) is 25.3 Å². The monoisotopic (exact) mass is 300 g/mol. The standard InChI is InChI=1S/C15H28N2O2S/c1-13-5-2-3-6-14(13)19-10-7-16-15(18)17-8-4-11-20-12-9-17/h13-14H,2-12H2,1H3,(H,16,18)/t13-,14-/m0/s1. The molecular weight excluding hydrogens is 272 g/mol.